The fraction of sp³-hybridized carbons (Fsp3) is 0.375. The van der Waals surface area contributed by atoms with Crippen LogP contribution in [0.5, 0.6) is 0 Å². The maximum atomic E-state index is 5.86. The maximum Gasteiger partial charge on any atom is 0.132 e. The second kappa shape index (κ2) is 4.74. The largest absolute Gasteiger partial charge is 0.328 e. The van der Waals surface area contributed by atoms with Crippen LogP contribution in [0.25, 0.3) is 11.3 Å². The molecule has 0 atom stereocenters. The summed E-state index contributed by atoms with van der Waals surface area (Å²) in [7, 11) is 0. The number of hydrogen-bond donors (Lipinski definition) is 1. The van der Waals surface area contributed by atoms with Gasteiger partial charge in [0.1, 0.15) is 5.82 Å². The number of nitrogens with zero attached hydrogens (tertiary/aromatic N) is 2. The highest BCUT2D eigenvalue weighted by Crippen LogP contribution is 2.34. The SMILES string of the molecule is Cc1cc(-c2ccccc2C)nc(C2CC(N)C2)n1. The molecule has 19 heavy (non-hydrogen) atoms. The maximum absolute atomic E-state index is 5.86. The third-order valence-electron chi connectivity index (χ3n) is 3.83. The summed E-state index contributed by atoms with van der Waals surface area (Å²) in [4.78, 5) is 9.33. The zero-order valence-corrected chi connectivity index (χ0v) is 11.4. The molecule has 1 aliphatic rings. The van der Waals surface area contributed by atoms with Gasteiger partial charge in [0.25, 0.3) is 0 Å². The minimum atomic E-state index is 0.330. The first-order valence-corrected chi connectivity index (χ1v) is 6.80. The second-order valence-corrected chi connectivity index (χ2v) is 5.50. The molecular weight excluding hydrogens is 234 g/mol. The van der Waals surface area contributed by atoms with Crippen molar-refractivity contribution in [2.45, 2.75) is 38.6 Å². The Morgan fingerprint density at radius 1 is 1.11 bits per heavy atom. The van der Waals surface area contributed by atoms with Crippen molar-refractivity contribution in [1.29, 1.82) is 0 Å². The van der Waals surface area contributed by atoms with Crippen molar-refractivity contribution in [3.8, 4) is 11.3 Å². The number of benzene rings is 1. The molecule has 2 N–H and O–H groups in total. The zero-order valence-electron chi connectivity index (χ0n) is 11.4. The Balaban J connectivity index is 2.01. The van der Waals surface area contributed by atoms with Gasteiger partial charge in [0, 0.05) is 23.2 Å². The Morgan fingerprint density at radius 3 is 2.53 bits per heavy atom. The van der Waals surface area contributed by atoms with E-state index in [1.54, 1.807) is 0 Å². The van der Waals surface area contributed by atoms with Gasteiger partial charge in [-0.05, 0) is 38.3 Å². The highest BCUT2D eigenvalue weighted by Gasteiger charge is 2.30. The average molecular weight is 253 g/mol. The Labute approximate surface area is 113 Å². The Morgan fingerprint density at radius 2 is 1.84 bits per heavy atom. The van der Waals surface area contributed by atoms with Gasteiger partial charge < -0.3 is 5.73 Å². The lowest BCUT2D eigenvalue weighted by Crippen LogP contribution is -2.35. The van der Waals surface area contributed by atoms with Crippen molar-refractivity contribution in [3.05, 3.63) is 47.4 Å². The molecule has 0 bridgehead atoms. The first-order chi connectivity index (χ1) is 9.13. The summed E-state index contributed by atoms with van der Waals surface area (Å²) in [6.45, 7) is 4.15. The van der Waals surface area contributed by atoms with Crippen LogP contribution in [0.3, 0.4) is 0 Å². The van der Waals surface area contributed by atoms with E-state index in [0.717, 1.165) is 30.1 Å². The smallest absolute Gasteiger partial charge is 0.132 e. The number of rotatable bonds is 2. The van der Waals surface area contributed by atoms with Crippen LogP contribution >= 0.6 is 0 Å². The van der Waals surface area contributed by atoms with E-state index >= 15 is 0 Å². The molecule has 1 heterocycles. The molecule has 1 aromatic carbocycles. The van der Waals surface area contributed by atoms with Crippen LogP contribution in [0.4, 0.5) is 0 Å². The fourth-order valence-corrected chi connectivity index (χ4v) is 2.65. The van der Waals surface area contributed by atoms with E-state index in [9.17, 15) is 0 Å². The van der Waals surface area contributed by atoms with Gasteiger partial charge in [-0.15, -0.1) is 0 Å². The summed E-state index contributed by atoms with van der Waals surface area (Å²) < 4.78 is 0. The van der Waals surface area contributed by atoms with Gasteiger partial charge in [0.2, 0.25) is 0 Å². The van der Waals surface area contributed by atoms with Crippen LogP contribution in [0, 0.1) is 13.8 Å². The van der Waals surface area contributed by atoms with E-state index in [1.165, 1.54) is 11.1 Å². The topological polar surface area (TPSA) is 51.8 Å². The van der Waals surface area contributed by atoms with Crippen LogP contribution in [0.2, 0.25) is 0 Å². The van der Waals surface area contributed by atoms with Crippen molar-refractivity contribution >= 4 is 0 Å². The quantitative estimate of drug-likeness (QED) is 0.895. The van der Waals surface area contributed by atoms with Crippen LogP contribution < -0.4 is 5.73 Å². The fourth-order valence-electron chi connectivity index (χ4n) is 2.65. The molecule has 0 aliphatic heterocycles. The average Bonchev–Trinajstić information content (AvgIpc) is 2.35. The predicted molar refractivity (Wildman–Crippen MR) is 76.9 cm³/mol. The zero-order chi connectivity index (χ0) is 13.4. The van der Waals surface area contributed by atoms with Crippen LogP contribution in [-0.4, -0.2) is 16.0 Å². The third kappa shape index (κ3) is 2.38. The molecule has 0 spiro atoms. The molecule has 0 radical (unpaired) electrons. The molecule has 3 heteroatoms. The number of aryl methyl sites for hydroxylation is 2. The van der Waals surface area contributed by atoms with Crippen molar-refractivity contribution < 1.29 is 0 Å². The van der Waals surface area contributed by atoms with Crippen LogP contribution in [0.1, 0.15) is 35.8 Å². The van der Waals surface area contributed by atoms with Gasteiger partial charge in [0.15, 0.2) is 0 Å². The number of nitrogens with two attached hydrogens (primary N) is 1. The highest BCUT2D eigenvalue weighted by atomic mass is 14.9. The van der Waals surface area contributed by atoms with Gasteiger partial charge in [0.05, 0.1) is 5.69 Å². The van der Waals surface area contributed by atoms with Gasteiger partial charge >= 0.3 is 0 Å². The summed E-state index contributed by atoms with van der Waals surface area (Å²) in [5.41, 5.74) is 10.4. The van der Waals surface area contributed by atoms with E-state index in [0.29, 0.717) is 12.0 Å². The number of hydrogen-bond acceptors (Lipinski definition) is 3. The third-order valence-corrected chi connectivity index (χ3v) is 3.83. The predicted octanol–water partition coefficient (Wildman–Crippen LogP) is 2.97. The van der Waals surface area contributed by atoms with Crippen LogP contribution in [0.15, 0.2) is 30.3 Å². The first kappa shape index (κ1) is 12.3. The minimum Gasteiger partial charge on any atom is -0.328 e. The van der Waals surface area contributed by atoms with Gasteiger partial charge in [-0.25, -0.2) is 9.97 Å². The van der Waals surface area contributed by atoms with E-state index in [-0.39, 0.29) is 0 Å². The van der Waals surface area contributed by atoms with E-state index < -0.39 is 0 Å². The lowest BCUT2D eigenvalue weighted by Gasteiger charge is -2.31. The van der Waals surface area contributed by atoms with E-state index in [4.69, 9.17) is 10.7 Å². The van der Waals surface area contributed by atoms with Gasteiger partial charge in [-0.3, -0.25) is 0 Å². The Kier molecular flexibility index (Phi) is 3.07. The Bertz CT molecular complexity index is 601. The summed E-state index contributed by atoms with van der Waals surface area (Å²) >= 11 is 0. The summed E-state index contributed by atoms with van der Waals surface area (Å²) in [6, 6.07) is 10.7. The van der Waals surface area contributed by atoms with Gasteiger partial charge in [-0.2, -0.15) is 0 Å². The van der Waals surface area contributed by atoms with E-state index in [2.05, 4.69) is 42.2 Å². The second-order valence-electron chi connectivity index (χ2n) is 5.50. The molecule has 2 aromatic rings. The number of aromatic nitrogens is 2. The summed E-state index contributed by atoms with van der Waals surface area (Å²) in [5.74, 6) is 1.40. The molecule has 0 amide bonds. The molecule has 1 aromatic heterocycles. The normalized spacial score (nSPS) is 22.1. The molecule has 1 aliphatic carbocycles. The molecule has 0 unspecified atom stereocenters. The first-order valence-electron chi connectivity index (χ1n) is 6.80. The molecular formula is C16H19N3. The molecule has 1 saturated carbocycles. The molecule has 0 saturated heterocycles. The van der Waals surface area contributed by atoms with Gasteiger partial charge in [-0.1, -0.05) is 24.3 Å². The van der Waals surface area contributed by atoms with Crippen molar-refractivity contribution in [1.82, 2.24) is 9.97 Å². The van der Waals surface area contributed by atoms with E-state index in [1.807, 2.05) is 6.92 Å². The van der Waals surface area contributed by atoms with Crippen molar-refractivity contribution in [3.63, 3.8) is 0 Å². The lowest BCUT2D eigenvalue weighted by molar-refractivity contribution is 0.338. The standard InChI is InChI=1S/C16H19N3/c1-10-5-3-4-6-14(10)15-7-11(2)18-16(19-15)12-8-13(17)9-12/h3-7,12-13H,8-9,17H2,1-2H3. The minimum absolute atomic E-state index is 0.330. The lowest BCUT2D eigenvalue weighted by atomic mass is 9.80. The monoisotopic (exact) mass is 253 g/mol. The Hall–Kier alpha value is -1.74. The summed E-state index contributed by atoms with van der Waals surface area (Å²) in [5, 5.41) is 0. The van der Waals surface area contributed by atoms with Crippen molar-refractivity contribution in [2.75, 3.05) is 0 Å². The molecule has 3 nitrogen and oxygen atoms in total. The summed E-state index contributed by atoms with van der Waals surface area (Å²) in [6.07, 6.45) is 2.02. The molecule has 1 fully saturated rings. The highest BCUT2D eigenvalue weighted by molar-refractivity contribution is 5.63. The van der Waals surface area contributed by atoms with Crippen molar-refractivity contribution in [2.24, 2.45) is 5.73 Å². The molecule has 98 valence electrons. The molecule has 3 rings (SSSR count). The van der Waals surface area contributed by atoms with Crippen LogP contribution in [-0.2, 0) is 0 Å².